The number of primary amides is 1. The van der Waals surface area contributed by atoms with E-state index in [-0.39, 0.29) is 5.95 Å². The molecule has 0 spiro atoms. The molecule has 4 N–H and O–H groups in total. The van der Waals surface area contributed by atoms with Crippen molar-refractivity contribution in [1.29, 1.82) is 0 Å². The zero-order valence-electron chi connectivity index (χ0n) is 10.1. The van der Waals surface area contributed by atoms with E-state index in [2.05, 4.69) is 9.97 Å². The zero-order chi connectivity index (χ0) is 13.5. The molecule has 0 bridgehead atoms. The average molecular weight is 268 g/mol. The summed E-state index contributed by atoms with van der Waals surface area (Å²) >= 11 is 5.84. The van der Waals surface area contributed by atoms with Gasteiger partial charge < -0.3 is 11.5 Å². The van der Waals surface area contributed by atoms with Crippen LogP contribution in [-0.4, -0.2) is 20.4 Å². The highest BCUT2D eigenvalue weighted by Crippen LogP contribution is 2.24. The summed E-state index contributed by atoms with van der Waals surface area (Å²) < 4.78 is 1.66. The maximum Gasteiger partial charge on any atom is 0.224 e. The van der Waals surface area contributed by atoms with Crippen molar-refractivity contribution >= 4 is 34.6 Å². The molecular weight excluding hydrogens is 254 g/mol. The fourth-order valence-corrected chi connectivity index (χ4v) is 1.79. The van der Waals surface area contributed by atoms with Crippen LogP contribution < -0.4 is 11.5 Å². The third-order valence-corrected chi connectivity index (χ3v) is 3.01. The predicted octanol–water partition coefficient (Wildman–Crippen LogP) is 1.18. The number of nitrogens with two attached hydrogens (primary N) is 2. The van der Waals surface area contributed by atoms with Gasteiger partial charge in [0.05, 0.1) is 10.4 Å². The Morgan fingerprint density at radius 1 is 1.56 bits per heavy atom. The number of halogens is 1. The maximum absolute atomic E-state index is 11.4. The van der Waals surface area contributed by atoms with Gasteiger partial charge in [0.1, 0.15) is 5.52 Å². The fourth-order valence-electron chi connectivity index (χ4n) is 1.63. The van der Waals surface area contributed by atoms with Crippen molar-refractivity contribution in [2.24, 2.45) is 11.1 Å². The number of imidazole rings is 1. The minimum absolute atomic E-state index is 0.286. The molecule has 0 atom stereocenters. The number of aromatic nitrogens is 3. The molecule has 7 heteroatoms. The van der Waals surface area contributed by atoms with Crippen LogP contribution in [0.5, 0.6) is 0 Å². The number of pyridine rings is 1. The second kappa shape index (κ2) is 4.13. The van der Waals surface area contributed by atoms with Gasteiger partial charge >= 0.3 is 0 Å². The van der Waals surface area contributed by atoms with E-state index in [1.807, 2.05) is 0 Å². The van der Waals surface area contributed by atoms with Crippen molar-refractivity contribution in [1.82, 2.24) is 14.5 Å². The monoisotopic (exact) mass is 267 g/mol. The number of nitrogen functional groups attached to an aromatic ring is 1. The first-order valence-corrected chi connectivity index (χ1v) is 5.76. The molecular formula is C11H14ClN5O. The van der Waals surface area contributed by atoms with Crippen LogP contribution in [0.1, 0.15) is 13.8 Å². The molecule has 2 rings (SSSR count). The van der Waals surface area contributed by atoms with E-state index in [0.717, 1.165) is 0 Å². The normalized spacial score (nSPS) is 11.9. The van der Waals surface area contributed by atoms with Crippen LogP contribution in [0.3, 0.4) is 0 Å². The number of hydrogen-bond acceptors (Lipinski definition) is 4. The summed E-state index contributed by atoms with van der Waals surface area (Å²) in [5.74, 6) is -0.119. The van der Waals surface area contributed by atoms with Gasteiger partial charge in [-0.2, -0.15) is 0 Å². The molecule has 96 valence electrons. The van der Waals surface area contributed by atoms with E-state index < -0.39 is 11.3 Å². The molecule has 0 fully saturated rings. The Hall–Kier alpha value is -1.82. The van der Waals surface area contributed by atoms with Crippen molar-refractivity contribution in [3.05, 3.63) is 17.3 Å². The Labute approximate surface area is 109 Å². The van der Waals surface area contributed by atoms with E-state index in [1.165, 1.54) is 6.20 Å². The first-order valence-electron chi connectivity index (χ1n) is 5.38. The lowest BCUT2D eigenvalue weighted by Crippen LogP contribution is -2.35. The highest BCUT2D eigenvalue weighted by atomic mass is 35.5. The lowest BCUT2D eigenvalue weighted by molar-refractivity contribution is -0.126. The lowest BCUT2D eigenvalue weighted by Gasteiger charge is -2.21. The number of hydrogen-bond donors (Lipinski definition) is 2. The quantitative estimate of drug-likeness (QED) is 0.872. The molecule has 2 aromatic rings. The molecule has 0 saturated carbocycles. The summed E-state index contributed by atoms with van der Waals surface area (Å²) in [6.45, 7) is 3.81. The number of amides is 1. The topological polar surface area (TPSA) is 99.8 Å². The summed E-state index contributed by atoms with van der Waals surface area (Å²) in [5, 5.41) is 0.487. The molecule has 0 saturated heterocycles. The third-order valence-electron chi connectivity index (χ3n) is 2.80. The first-order chi connectivity index (χ1) is 8.31. The lowest BCUT2D eigenvalue weighted by atomic mass is 9.92. The van der Waals surface area contributed by atoms with Crippen LogP contribution in [-0.2, 0) is 11.3 Å². The second-order valence-corrected chi connectivity index (χ2v) is 5.24. The molecule has 0 radical (unpaired) electrons. The predicted molar refractivity (Wildman–Crippen MR) is 69.9 cm³/mol. The Balaban J connectivity index is 2.51. The Morgan fingerprint density at radius 2 is 2.22 bits per heavy atom. The number of anilines is 1. The summed E-state index contributed by atoms with van der Waals surface area (Å²) in [6, 6.07) is 1.67. The van der Waals surface area contributed by atoms with Crippen LogP contribution in [0.2, 0.25) is 5.02 Å². The largest absolute Gasteiger partial charge is 0.369 e. The number of rotatable bonds is 3. The van der Waals surface area contributed by atoms with Gasteiger partial charge in [0.25, 0.3) is 0 Å². The second-order valence-electron chi connectivity index (χ2n) is 4.80. The van der Waals surface area contributed by atoms with Gasteiger partial charge in [-0.05, 0) is 19.9 Å². The Bertz CT molecular complexity index is 619. The molecule has 2 heterocycles. The standard InChI is InChI=1S/C11H14ClN5O/c1-11(2,9(13)18)5-17-8-7(16-10(17)14)3-6(12)4-15-8/h3-4H,5H2,1-2H3,(H2,13,18)(H2,14,16). The van der Waals surface area contributed by atoms with Gasteiger partial charge in [-0.15, -0.1) is 0 Å². The SMILES string of the molecule is CC(C)(Cn1c(N)nc2cc(Cl)cnc21)C(N)=O. The molecule has 1 amide bonds. The molecule has 0 unspecified atom stereocenters. The molecule has 6 nitrogen and oxygen atoms in total. The third kappa shape index (κ3) is 2.11. The highest BCUT2D eigenvalue weighted by Gasteiger charge is 2.27. The van der Waals surface area contributed by atoms with Gasteiger partial charge in [-0.1, -0.05) is 11.6 Å². The summed E-state index contributed by atoms with van der Waals surface area (Å²) in [6.07, 6.45) is 1.51. The zero-order valence-corrected chi connectivity index (χ0v) is 10.9. The van der Waals surface area contributed by atoms with E-state index in [0.29, 0.717) is 22.7 Å². The molecule has 0 aliphatic heterocycles. The van der Waals surface area contributed by atoms with Crippen molar-refractivity contribution < 1.29 is 4.79 Å². The first kappa shape index (κ1) is 12.6. The minimum Gasteiger partial charge on any atom is -0.369 e. The van der Waals surface area contributed by atoms with Crippen molar-refractivity contribution in [2.45, 2.75) is 20.4 Å². The Kier molecular flexibility index (Phi) is 2.90. The molecule has 0 aromatic carbocycles. The fraction of sp³-hybridized carbons (Fsp3) is 0.364. The molecule has 18 heavy (non-hydrogen) atoms. The highest BCUT2D eigenvalue weighted by molar-refractivity contribution is 6.31. The van der Waals surface area contributed by atoms with Crippen molar-refractivity contribution in [3.8, 4) is 0 Å². The van der Waals surface area contributed by atoms with Crippen molar-refractivity contribution in [3.63, 3.8) is 0 Å². The van der Waals surface area contributed by atoms with Gasteiger partial charge in [-0.25, -0.2) is 9.97 Å². The molecule has 0 aliphatic rings. The Morgan fingerprint density at radius 3 is 2.83 bits per heavy atom. The summed E-state index contributed by atoms with van der Waals surface area (Å²) in [4.78, 5) is 19.7. The maximum atomic E-state index is 11.4. The van der Waals surface area contributed by atoms with E-state index in [9.17, 15) is 4.79 Å². The van der Waals surface area contributed by atoms with Crippen LogP contribution >= 0.6 is 11.6 Å². The summed E-state index contributed by atoms with van der Waals surface area (Å²) in [7, 11) is 0. The van der Waals surface area contributed by atoms with Crippen LogP contribution in [0, 0.1) is 5.41 Å². The minimum atomic E-state index is -0.733. The van der Waals surface area contributed by atoms with Gasteiger partial charge in [-0.3, -0.25) is 9.36 Å². The van der Waals surface area contributed by atoms with Gasteiger partial charge in [0.2, 0.25) is 11.9 Å². The van der Waals surface area contributed by atoms with E-state index >= 15 is 0 Å². The van der Waals surface area contributed by atoms with E-state index in [1.54, 1.807) is 24.5 Å². The van der Waals surface area contributed by atoms with Crippen molar-refractivity contribution in [2.75, 3.05) is 5.73 Å². The van der Waals surface area contributed by atoms with E-state index in [4.69, 9.17) is 23.1 Å². The van der Waals surface area contributed by atoms with Crippen LogP contribution in [0.15, 0.2) is 12.3 Å². The number of carbonyl (C=O) groups excluding carboxylic acids is 1. The smallest absolute Gasteiger partial charge is 0.224 e. The number of nitrogens with zero attached hydrogens (tertiary/aromatic N) is 3. The molecule has 0 aliphatic carbocycles. The van der Waals surface area contributed by atoms with Crippen LogP contribution in [0.25, 0.3) is 11.2 Å². The average Bonchev–Trinajstić information content (AvgIpc) is 2.54. The molecule has 2 aromatic heterocycles. The van der Waals surface area contributed by atoms with Gasteiger partial charge in [0.15, 0.2) is 5.65 Å². The number of fused-ring (bicyclic) bond motifs is 1. The van der Waals surface area contributed by atoms with Crippen LogP contribution in [0.4, 0.5) is 5.95 Å². The summed E-state index contributed by atoms with van der Waals surface area (Å²) in [5.41, 5.74) is 11.6. The van der Waals surface area contributed by atoms with Gasteiger partial charge in [0, 0.05) is 12.7 Å². The number of carbonyl (C=O) groups is 1.